The number of nitrogens with one attached hydrogen (secondary N) is 1. The first-order chi connectivity index (χ1) is 15.1. The summed E-state index contributed by atoms with van der Waals surface area (Å²) in [6, 6.07) is 23.7. The van der Waals surface area contributed by atoms with E-state index in [1.54, 1.807) is 7.11 Å². The van der Waals surface area contributed by atoms with Crippen molar-refractivity contribution in [3.8, 4) is 11.5 Å². The monoisotopic (exact) mass is 416 g/mol. The van der Waals surface area contributed by atoms with Crippen LogP contribution in [0.25, 0.3) is 0 Å². The van der Waals surface area contributed by atoms with Crippen molar-refractivity contribution in [1.82, 2.24) is 5.32 Å². The lowest BCUT2D eigenvalue weighted by atomic mass is 10.1. The summed E-state index contributed by atoms with van der Waals surface area (Å²) in [5.74, 6) is 1.43. The Hall–Kier alpha value is -3.47. The largest absolute Gasteiger partial charge is 0.497 e. The fourth-order valence-electron chi connectivity index (χ4n) is 3.79. The molecule has 1 aliphatic heterocycles. The zero-order valence-electron chi connectivity index (χ0n) is 18.0. The van der Waals surface area contributed by atoms with E-state index in [-0.39, 0.29) is 11.9 Å². The van der Waals surface area contributed by atoms with Crippen molar-refractivity contribution >= 4 is 11.6 Å². The Labute approximate surface area is 183 Å². The van der Waals surface area contributed by atoms with Crippen molar-refractivity contribution in [3.05, 3.63) is 89.5 Å². The first kappa shape index (κ1) is 20.8. The minimum Gasteiger partial charge on any atom is -0.497 e. The molecule has 3 aromatic carbocycles. The second-order valence-corrected chi connectivity index (χ2v) is 7.86. The maximum Gasteiger partial charge on any atom is 0.251 e. The molecule has 1 atom stereocenters. The minimum atomic E-state index is -0.115. The Morgan fingerprint density at radius 3 is 2.45 bits per heavy atom. The highest BCUT2D eigenvalue weighted by Crippen LogP contribution is 2.28. The van der Waals surface area contributed by atoms with Crippen LogP contribution >= 0.6 is 0 Å². The number of rotatable bonds is 8. The first-order valence-corrected chi connectivity index (χ1v) is 10.6. The molecule has 0 saturated heterocycles. The van der Waals surface area contributed by atoms with Gasteiger partial charge in [-0.1, -0.05) is 30.3 Å². The van der Waals surface area contributed by atoms with Gasteiger partial charge in [0.1, 0.15) is 18.1 Å². The molecule has 1 amide bonds. The number of anilines is 1. The number of hydrogen-bond donors (Lipinski definition) is 1. The van der Waals surface area contributed by atoms with E-state index < -0.39 is 0 Å². The van der Waals surface area contributed by atoms with Gasteiger partial charge < -0.3 is 19.7 Å². The quantitative estimate of drug-likeness (QED) is 0.589. The van der Waals surface area contributed by atoms with Gasteiger partial charge in [0, 0.05) is 24.3 Å². The predicted octanol–water partition coefficient (Wildman–Crippen LogP) is 4.46. The molecular formula is C26H28N2O3. The highest BCUT2D eigenvalue weighted by atomic mass is 16.5. The van der Waals surface area contributed by atoms with Gasteiger partial charge in [0.2, 0.25) is 0 Å². The lowest BCUT2D eigenvalue weighted by Gasteiger charge is -2.19. The van der Waals surface area contributed by atoms with Crippen LogP contribution in [-0.2, 0) is 13.0 Å². The van der Waals surface area contributed by atoms with E-state index in [0.29, 0.717) is 12.2 Å². The molecule has 0 spiro atoms. The molecule has 0 aromatic heterocycles. The fraction of sp³-hybridized carbons (Fsp3) is 0.269. The van der Waals surface area contributed by atoms with Gasteiger partial charge in [-0.3, -0.25) is 4.79 Å². The topological polar surface area (TPSA) is 50.8 Å². The molecule has 1 N–H and O–H groups in total. The molecule has 4 rings (SSSR count). The maximum absolute atomic E-state index is 12.6. The molecule has 1 heterocycles. The van der Waals surface area contributed by atoms with Crippen molar-refractivity contribution in [2.75, 3.05) is 25.2 Å². The summed E-state index contributed by atoms with van der Waals surface area (Å²) in [5.41, 5.74) is 4.57. The summed E-state index contributed by atoms with van der Waals surface area (Å²) >= 11 is 0. The van der Waals surface area contributed by atoms with Crippen LogP contribution in [0.3, 0.4) is 0 Å². The summed E-state index contributed by atoms with van der Waals surface area (Å²) in [4.78, 5) is 15.0. The SMILES string of the molecule is COc1ccc(OCC(C)NC(=O)c2ccc(CN3CCc4ccccc43)cc2)cc1. The lowest BCUT2D eigenvalue weighted by Crippen LogP contribution is -2.36. The second-order valence-electron chi connectivity index (χ2n) is 7.86. The average molecular weight is 417 g/mol. The third-order valence-corrected chi connectivity index (χ3v) is 5.51. The number of carbonyl (C=O) groups is 1. The zero-order chi connectivity index (χ0) is 21.6. The standard InChI is InChI=1S/C26H28N2O3/c1-19(18-31-24-13-11-23(30-2)12-14-24)27-26(29)22-9-7-20(8-10-22)17-28-16-15-21-5-3-4-6-25(21)28/h3-14,19H,15-18H2,1-2H3,(H,27,29). The van der Waals surface area contributed by atoms with Crippen molar-refractivity contribution in [1.29, 1.82) is 0 Å². The molecular weight excluding hydrogens is 388 g/mol. The van der Waals surface area contributed by atoms with Crippen LogP contribution in [-0.4, -0.2) is 32.2 Å². The Morgan fingerprint density at radius 1 is 1.00 bits per heavy atom. The number of para-hydroxylation sites is 1. The zero-order valence-corrected chi connectivity index (χ0v) is 18.0. The van der Waals surface area contributed by atoms with Crippen LogP contribution in [0.2, 0.25) is 0 Å². The van der Waals surface area contributed by atoms with E-state index in [1.165, 1.54) is 16.8 Å². The lowest BCUT2D eigenvalue weighted by molar-refractivity contribution is 0.0926. The van der Waals surface area contributed by atoms with Crippen LogP contribution in [0, 0.1) is 0 Å². The third-order valence-electron chi connectivity index (χ3n) is 5.51. The molecule has 5 nitrogen and oxygen atoms in total. The highest BCUT2D eigenvalue weighted by molar-refractivity contribution is 5.94. The Morgan fingerprint density at radius 2 is 1.71 bits per heavy atom. The maximum atomic E-state index is 12.6. The average Bonchev–Trinajstić information content (AvgIpc) is 3.21. The van der Waals surface area contributed by atoms with Crippen LogP contribution < -0.4 is 19.7 Å². The Balaban J connectivity index is 1.28. The number of carbonyl (C=O) groups excluding carboxylic acids is 1. The predicted molar refractivity (Wildman–Crippen MR) is 123 cm³/mol. The smallest absolute Gasteiger partial charge is 0.251 e. The molecule has 0 saturated carbocycles. The van der Waals surface area contributed by atoms with E-state index in [0.717, 1.165) is 31.0 Å². The Bertz CT molecular complexity index is 1020. The summed E-state index contributed by atoms with van der Waals surface area (Å²) < 4.78 is 10.9. The number of hydrogen-bond acceptors (Lipinski definition) is 4. The van der Waals surface area contributed by atoms with Gasteiger partial charge in [-0.15, -0.1) is 0 Å². The number of benzene rings is 3. The van der Waals surface area contributed by atoms with E-state index in [4.69, 9.17) is 9.47 Å². The van der Waals surface area contributed by atoms with Gasteiger partial charge >= 0.3 is 0 Å². The third kappa shape index (κ3) is 5.18. The summed E-state index contributed by atoms with van der Waals surface area (Å²) in [5, 5.41) is 3.00. The number of methoxy groups -OCH3 is 1. The van der Waals surface area contributed by atoms with Gasteiger partial charge in [-0.05, 0) is 66.9 Å². The van der Waals surface area contributed by atoms with Crippen LogP contribution in [0.1, 0.15) is 28.4 Å². The molecule has 0 fully saturated rings. The molecule has 5 heteroatoms. The molecule has 1 aliphatic rings. The van der Waals surface area contributed by atoms with Gasteiger partial charge in [0.05, 0.1) is 13.2 Å². The van der Waals surface area contributed by atoms with E-state index in [1.807, 2.05) is 55.5 Å². The van der Waals surface area contributed by atoms with E-state index >= 15 is 0 Å². The normalized spacial score (nSPS) is 13.4. The molecule has 0 radical (unpaired) electrons. The number of nitrogens with zero attached hydrogens (tertiary/aromatic N) is 1. The summed E-state index contributed by atoms with van der Waals surface area (Å²) in [6.07, 6.45) is 1.09. The number of ether oxygens (including phenoxy) is 2. The molecule has 1 unspecified atom stereocenters. The van der Waals surface area contributed by atoms with Crippen LogP contribution in [0.5, 0.6) is 11.5 Å². The van der Waals surface area contributed by atoms with Gasteiger partial charge in [0.15, 0.2) is 0 Å². The summed E-state index contributed by atoms with van der Waals surface area (Å²) in [6.45, 7) is 4.21. The Kier molecular flexibility index (Phi) is 6.41. The number of amides is 1. The van der Waals surface area contributed by atoms with Crippen LogP contribution in [0.4, 0.5) is 5.69 Å². The minimum absolute atomic E-state index is 0.0936. The van der Waals surface area contributed by atoms with Crippen LogP contribution in [0.15, 0.2) is 72.8 Å². The van der Waals surface area contributed by atoms with Gasteiger partial charge in [-0.2, -0.15) is 0 Å². The van der Waals surface area contributed by atoms with Crippen molar-refractivity contribution in [2.45, 2.75) is 25.9 Å². The molecule has 31 heavy (non-hydrogen) atoms. The van der Waals surface area contributed by atoms with Crippen molar-refractivity contribution < 1.29 is 14.3 Å². The summed E-state index contributed by atoms with van der Waals surface area (Å²) in [7, 11) is 1.63. The fourth-order valence-corrected chi connectivity index (χ4v) is 3.79. The molecule has 0 bridgehead atoms. The van der Waals surface area contributed by atoms with Gasteiger partial charge in [0.25, 0.3) is 5.91 Å². The second kappa shape index (κ2) is 9.56. The van der Waals surface area contributed by atoms with Crippen molar-refractivity contribution in [3.63, 3.8) is 0 Å². The molecule has 3 aromatic rings. The van der Waals surface area contributed by atoms with E-state index in [9.17, 15) is 4.79 Å². The highest BCUT2D eigenvalue weighted by Gasteiger charge is 2.18. The van der Waals surface area contributed by atoms with Gasteiger partial charge in [-0.25, -0.2) is 0 Å². The first-order valence-electron chi connectivity index (χ1n) is 10.6. The van der Waals surface area contributed by atoms with E-state index in [2.05, 4.69) is 34.5 Å². The number of fused-ring (bicyclic) bond motifs is 1. The molecule has 160 valence electrons. The molecule has 0 aliphatic carbocycles. The van der Waals surface area contributed by atoms with Crippen molar-refractivity contribution in [2.24, 2.45) is 0 Å².